The molecule has 2 aromatic heterocycles. The number of rotatable bonds is 1. The number of oxazole rings is 1. The summed E-state index contributed by atoms with van der Waals surface area (Å²) in [5, 5.41) is 0. The van der Waals surface area contributed by atoms with Crippen molar-refractivity contribution in [2.24, 2.45) is 0 Å². The SMILES string of the molecule is [Ir].[c-]1cccnc1-c1cocn1. The zero-order chi connectivity index (χ0) is 7.52. The van der Waals surface area contributed by atoms with Gasteiger partial charge in [-0.2, -0.15) is 12.1 Å². The Morgan fingerprint density at radius 3 is 2.83 bits per heavy atom. The molecule has 2 aromatic rings. The molecule has 0 amide bonds. The van der Waals surface area contributed by atoms with Gasteiger partial charge in [-0.1, -0.05) is 0 Å². The van der Waals surface area contributed by atoms with Gasteiger partial charge in [0.2, 0.25) is 0 Å². The van der Waals surface area contributed by atoms with Crippen LogP contribution >= 0.6 is 0 Å². The van der Waals surface area contributed by atoms with Gasteiger partial charge in [0.05, 0.1) is 6.26 Å². The fraction of sp³-hybridized carbons (Fsp3) is 0. The number of hydrogen-bond acceptors (Lipinski definition) is 3. The summed E-state index contributed by atoms with van der Waals surface area (Å²) in [6.07, 6.45) is 4.61. The molecule has 0 spiro atoms. The molecule has 0 aliphatic heterocycles. The Morgan fingerprint density at radius 2 is 2.25 bits per heavy atom. The Balaban J connectivity index is 0.000000720. The summed E-state index contributed by atoms with van der Waals surface area (Å²) in [4.78, 5) is 7.97. The second-order valence-corrected chi connectivity index (χ2v) is 2.00. The third-order valence-electron chi connectivity index (χ3n) is 1.28. The fourth-order valence-electron chi connectivity index (χ4n) is 0.794. The van der Waals surface area contributed by atoms with Gasteiger partial charge >= 0.3 is 0 Å². The molecule has 0 saturated heterocycles. The maximum Gasteiger partial charge on any atom is 0.167 e. The van der Waals surface area contributed by atoms with E-state index < -0.39 is 0 Å². The van der Waals surface area contributed by atoms with Crippen LogP contribution in [0.3, 0.4) is 0 Å². The molecule has 0 aromatic carbocycles. The summed E-state index contributed by atoms with van der Waals surface area (Å²) in [6, 6.07) is 6.53. The van der Waals surface area contributed by atoms with Gasteiger partial charge < -0.3 is 4.42 Å². The third kappa shape index (κ3) is 1.78. The standard InChI is InChI=1S/C8H5N2O.Ir/c1-2-4-9-7(3-1)8-5-11-6-10-8;/h1-2,4-6H;/q-1;. The second kappa shape index (κ2) is 4.14. The first kappa shape index (κ1) is 9.10. The largest absolute Gasteiger partial charge is 0.465 e. The van der Waals surface area contributed by atoms with E-state index >= 15 is 0 Å². The number of aromatic nitrogens is 2. The van der Waals surface area contributed by atoms with Crippen molar-refractivity contribution in [2.75, 3.05) is 0 Å². The van der Waals surface area contributed by atoms with Gasteiger partial charge in [-0.25, -0.2) is 0 Å². The predicted octanol–water partition coefficient (Wildman–Crippen LogP) is 1.53. The van der Waals surface area contributed by atoms with Crippen molar-refractivity contribution in [2.45, 2.75) is 0 Å². The summed E-state index contributed by atoms with van der Waals surface area (Å²) in [5.74, 6) is 0. The number of hydrogen-bond donors (Lipinski definition) is 0. The predicted molar refractivity (Wildman–Crippen MR) is 38.6 cm³/mol. The molecule has 12 heavy (non-hydrogen) atoms. The number of nitrogens with zero attached hydrogens (tertiary/aromatic N) is 2. The Hall–Kier alpha value is -0.991. The van der Waals surface area contributed by atoms with Crippen LogP contribution in [0.2, 0.25) is 0 Å². The van der Waals surface area contributed by atoms with Gasteiger partial charge in [-0.15, -0.1) is 6.07 Å². The van der Waals surface area contributed by atoms with Gasteiger partial charge in [0.15, 0.2) is 6.39 Å². The van der Waals surface area contributed by atoms with E-state index in [4.69, 9.17) is 4.42 Å². The van der Waals surface area contributed by atoms with Crippen LogP contribution in [0.4, 0.5) is 0 Å². The van der Waals surface area contributed by atoms with Crippen LogP contribution in [0.5, 0.6) is 0 Å². The van der Waals surface area contributed by atoms with E-state index in [-0.39, 0.29) is 20.1 Å². The summed E-state index contributed by atoms with van der Waals surface area (Å²) in [5.41, 5.74) is 1.42. The van der Waals surface area contributed by atoms with E-state index in [9.17, 15) is 0 Å². The smallest absolute Gasteiger partial charge is 0.167 e. The van der Waals surface area contributed by atoms with Crippen molar-refractivity contribution in [3.63, 3.8) is 0 Å². The summed E-state index contributed by atoms with van der Waals surface area (Å²) in [6.45, 7) is 0. The molecule has 0 bridgehead atoms. The van der Waals surface area contributed by atoms with Crippen LogP contribution in [0.25, 0.3) is 11.4 Å². The fourth-order valence-corrected chi connectivity index (χ4v) is 0.794. The third-order valence-corrected chi connectivity index (χ3v) is 1.28. The van der Waals surface area contributed by atoms with E-state index in [1.807, 2.05) is 6.07 Å². The molecule has 0 unspecified atom stereocenters. The quantitative estimate of drug-likeness (QED) is 0.741. The van der Waals surface area contributed by atoms with Gasteiger partial charge in [0.25, 0.3) is 0 Å². The van der Waals surface area contributed by atoms with Crippen LogP contribution in [0, 0.1) is 6.07 Å². The van der Waals surface area contributed by atoms with Crippen molar-refractivity contribution in [3.8, 4) is 11.4 Å². The van der Waals surface area contributed by atoms with Crippen molar-refractivity contribution in [3.05, 3.63) is 37.1 Å². The maximum atomic E-state index is 4.80. The Morgan fingerprint density at radius 1 is 1.33 bits per heavy atom. The minimum atomic E-state index is 0. The first-order valence-corrected chi connectivity index (χ1v) is 3.18. The molecule has 0 aliphatic rings. The van der Waals surface area contributed by atoms with Gasteiger partial charge in [0, 0.05) is 25.8 Å². The van der Waals surface area contributed by atoms with Gasteiger partial charge in [-0.05, 0) is 11.9 Å². The molecule has 0 N–H and O–H groups in total. The van der Waals surface area contributed by atoms with Crippen LogP contribution in [-0.4, -0.2) is 9.97 Å². The molecule has 1 radical (unpaired) electrons. The van der Waals surface area contributed by atoms with Crippen molar-refractivity contribution in [1.29, 1.82) is 0 Å². The number of pyridine rings is 1. The monoisotopic (exact) mass is 338 g/mol. The van der Waals surface area contributed by atoms with Crippen LogP contribution in [-0.2, 0) is 20.1 Å². The first-order chi connectivity index (χ1) is 5.47. The molecule has 2 heterocycles. The Bertz CT molecular complexity index is 320. The molecule has 63 valence electrons. The van der Waals surface area contributed by atoms with Crippen molar-refractivity contribution < 1.29 is 24.5 Å². The zero-order valence-electron chi connectivity index (χ0n) is 6.02. The first-order valence-electron chi connectivity index (χ1n) is 3.18. The molecule has 2 rings (SSSR count). The molecular weight excluding hydrogens is 332 g/mol. The van der Waals surface area contributed by atoms with Crippen molar-refractivity contribution in [1.82, 2.24) is 9.97 Å². The van der Waals surface area contributed by atoms with Crippen LogP contribution in [0.1, 0.15) is 0 Å². The van der Waals surface area contributed by atoms with Gasteiger partial charge in [-0.3, -0.25) is 9.97 Å². The topological polar surface area (TPSA) is 38.9 Å². The molecule has 0 saturated carbocycles. The molecule has 0 fully saturated rings. The normalized spacial score (nSPS) is 9.00. The average Bonchev–Trinajstić information content (AvgIpc) is 2.58. The van der Waals surface area contributed by atoms with E-state index in [1.165, 1.54) is 6.39 Å². The molecule has 0 atom stereocenters. The van der Waals surface area contributed by atoms with Crippen LogP contribution < -0.4 is 0 Å². The van der Waals surface area contributed by atoms with E-state index in [1.54, 1.807) is 18.5 Å². The summed E-state index contributed by atoms with van der Waals surface area (Å²) < 4.78 is 4.80. The Labute approximate surface area is 83.2 Å². The second-order valence-electron chi connectivity index (χ2n) is 2.00. The van der Waals surface area contributed by atoms with E-state index in [2.05, 4.69) is 16.0 Å². The zero-order valence-corrected chi connectivity index (χ0v) is 8.42. The molecule has 4 heteroatoms. The molecular formula is C8H5IrN2O-. The minimum absolute atomic E-state index is 0. The minimum Gasteiger partial charge on any atom is -0.465 e. The maximum absolute atomic E-state index is 4.80. The van der Waals surface area contributed by atoms with Gasteiger partial charge in [0.1, 0.15) is 0 Å². The molecule has 3 nitrogen and oxygen atoms in total. The molecule has 0 aliphatic carbocycles. The Kier molecular flexibility index (Phi) is 3.14. The summed E-state index contributed by atoms with van der Waals surface area (Å²) >= 11 is 0. The summed E-state index contributed by atoms with van der Waals surface area (Å²) in [7, 11) is 0. The van der Waals surface area contributed by atoms with Crippen molar-refractivity contribution >= 4 is 0 Å². The van der Waals surface area contributed by atoms with E-state index in [0.717, 1.165) is 0 Å². The average molecular weight is 337 g/mol. The van der Waals surface area contributed by atoms with Crippen LogP contribution in [0.15, 0.2) is 35.4 Å². The van der Waals surface area contributed by atoms with E-state index in [0.29, 0.717) is 11.4 Å².